The van der Waals surface area contributed by atoms with Crippen molar-refractivity contribution in [2.24, 2.45) is 0 Å². The van der Waals surface area contributed by atoms with E-state index >= 15 is 0 Å². The Kier molecular flexibility index (Phi) is 5.12. The number of carboxylic acid groups (broad SMARTS) is 1. The molecule has 0 unspecified atom stereocenters. The molecule has 0 atom stereocenters. The van der Waals surface area contributed by atoms with Gasteiger partial charge in [-0.2, -0.15) is 0 Å². The van der Waals surface area contributed by atoms with Gasteiger partial charge < -0.3 is 10.0 Å². The second-order valence-corrected chi connectivity index (χ2v) is 7.34. The summed E-state index contributed by atoms with van der Waals surface area (Å²) >= 11 is 0. The predicted molar refractivity (Wildman–Crippen MR) is 111 cm³/mol. The second-order valence-electron chi connectivity index (χ2n) is 7.34. The van der Waals surface area contributed by atoms with Crippen molar-refractivity contribution in [3.63, 3.8) is 0 Å². The monoisotopic (exact) mass is 386 g/mol. The molecule has 4 rings (SSSR count). The minimum absolute atomic E-state index is 0.156. The number of pyridine rings is 1. The molecule has 5 heteroatoms. The van der Waals surface area contributed by atoms with E-state index in [9.17, 15) is 14.7 Å². The summed E-state index contributed by atoms with van der Waals surface area (Å²) in [6.07, 6.45) is 2.48. The molecule has 2 aromatic carbocycles. The van der Waals surface area contributed by atoms with Crippen molar-refractivity contribution in [2.45, 2.75) is 18.3 Å². The lowest BCUT2D eigenvalue weighted by molar-refractivity contribution is -0.145. The van der Waals surface area contributed by atoms with Crippen molar-refractivity contribution in [1.82, 2.24) is 9.88 Å². The van der Waals surface area contributed by atoms with Crippen LogP contribution in [0.5, 0.6) is 0 Å². The molecule has 0 bridgehead atoms. The number of piperidine rings is 1. The summed E-state index contributed by atoms with van der Waals surface area (Å²) in [6, 6.07) is 22.8. The topological polar surface area (TPSA) is 70.5 Å². The maximum atomic E-state index is 12.9. The zero-order valence-electron chi connectivity index (χ0n) is 16.0. The van der Waals surface area contributed by atoms with Crippen LogP contribution in [0.4, 0.5) is 0 Å². The number of carboxylic acids is 1. The van der Waals surface area contributed by atoms with E-state index in [0.717, 1.165) is 16.7 Å². The van der Waals surface area contributed by atoms with Gasteiger partial charge in [-0.15, -0.1) is 0 Å². The number of nitrogens with zero attached hydrogens (tertiary/aromatic N) is 2. The van der Waals surface area contributed by atoms with Gasteiger partial charge in [0.25, 0.3) is 5.91 Å². The summed E-state index contributed by atoms with van der Waals surface area (Å²) in [5, 5.41) is 9.91. The first-order valence-corrected chi connectivity index (χ1v) is 9.70. The van der Waals surface area contributed by atoms with Crippen molar-refractivity contribution in [3.05, 3.63) is 90.3 Å². The number of benzene rings is 2. The summed E-state index contributed by atoms with van der Waals surface area (Å²) in [5.74, 6) is -0.988. The molecule has 1 aromatic heterocycles. The number of rotatable bonds is 4. The number of amides is 1. The van der Waals surface area contributed by atoms with Crippen molar-refractivity contribution < 1.29 is 14.7 Å². The van der Waals surface area contributed by atoms with Gasteiger partial charge in [0.2, 0.25) is 0 Å². The molecule has 29 heavy (non-hydrogen) atoms. The molecule has 0 radical (unpaired) electrons. The Morgan fingerprint density at radius 2 is 1.45 bits per heavy atom. The minimum atomic E-state index is -0.942. The Balaban J connectivity index is 1.48. The third kappa shape index (κ3) is 3.63. The number of carbonyl (C=O) groups is 2. The molecule has 1 N–H and O–H groups in total. The Labute approximate surface area is 169 Å². The lowest BCUT2D eigenvalue weighted by Crippen LogP contribution is -2.49. The normalized spacial score (nSPS) is 15.7. The Bertz CT molecular complexity index is 993. The molecule has 146 valence electrons. The van der Waals surface area contributed by atoms with E-state index in [1.54, 1.807) is 17.2 Å². The first-order valence-electron chi connectivity index (χ1n) is 9.70. The maximum Gasteiger partial charge on any atom is 0.314 e. The van der Waals surface area contributed by atoms with Crippen LogP contribution in [-0.4, -0.2) is 40.0 Å². The standard InChI is InChI=1S/C24H22N2O3/c27-22(21-12-11-19(17-25-21)18-7-3-1-4-8-18)26-15-13-24(14-16-26,23(28)29)20-9-5-2-6-10-20/h1-12,17H,13-16H2,(H,28,29). The highest BCUT2D eigenvalue weighted by Gasteiger charge is 2.44. The molecular formula is C24H22N2O3. The molecule has 3 aromatic rings. The first kappa shape index (κ1) is 18.9. The number of hydrogen-bond acceptors (Lipinski definition) is 3. The van der Waals surface area contributed by atoms with Crippen molar-refractivity contribution in [1.29, 1.82) is 0 Å². The van der Waals surface area contributed by atoms with Crippen LogP contribution >= 0.6 is 0 Å². The van der Waals surface area contributed by atoms with Gasteiger partial charge in [-0.3, -0.25) is 14.6 Å². The maximum absolute atomic E-state index is 12.9. The summed E-state index contributed by atoms with van der Waals surface area (Å²) < 4.78 is 0. The Morgan fingerprint density at radius 3 is 2.00 bits per heavy atom. The van der Waals surface area contributed by atoms with Gasteiger partial charge in [0.1, 0.15) is 5.69 Å². The summed E-state index contributed by atoms with van der Waals surface area (Å²) in [7, 11) is 0. The van der Waals surface area contributed by atoms with E-state index in [0.29, 0.717) is 31.6 Å². The van der Waals surface area contributed by atoms with Crippen molar-refractivity contribution in [2.75, 3.05) is 13.1 Å². The van der Waals surface area contributed by atoms with Gasteiger partial charge in [0.15, 0.2) is 0 Å². The largest absolute Gasteiger partial charge is 0.481 e. The number of hydrogen-bond donors (Lipinski definition) is 1. The van der Waals surface area contributed by atoms with Crippen LogP contribution in [0.1, 0.15) is 28.9 Å². The van der Waals surface area contributed by atoms with Gasteiger partial charge in [0.05, 0.1) is 5.41 Å². The van der Waals surface area contributed by atoms with Gasteiger partial charge >= 0.3 is 5.97 Å². The lowest BCUT2D eigenvalue weighted by atomic mass is 9.73. The van der Waals surface area contributed by atoms with E-state index in [1.807, 2.05) is 66.7 Å². The molecule has 1 amide bonds. The molecule has 1 aliphatic heterocycles. The molecule has 2 heterocycles. The van der Waals surface area contributed by atoms with Gasteiger partial charge in [-0.25, -0.2) is 0 Å². The molecule has 0 aliphatic carbocycles. The quantitative estimate of drug-likeness (QED) is 0.736. The number of aromatic nitrogens is 1. The fourth-order valence-electron chi connectivity index (χ4n) is 3.96. The van der Waals surface area contributed by atoms with E-state index in [4.69, 9.17) is 0 Å². The number of aliphatic carboxylic acids is 1. The first-order chi connectivity index (χ1) is 14.1. The molecule has 1 saturated heterocycles. The minimum Gasteiger partial charge on any atom is -0.481 e. The second kappa shape index (κ2) is 7.87. The van der Waals surface area contributed by atoms with E-state index in [2.05, 4.69) is 4.98 Å². The highest BCUT2D eigenvalue weighted by Crippen LogP contribution is 2.36. The van der Waals surface area contributed by atoms with E-state index in [1.165, 1.54) is 0 Å². The smallest absolute Gasteiger partial charge is 0.314 e. The van der Waals surface area contributed by atoms with Crippen LogP contribution in [0.25, 0.3) is 11.1 Å². The summed E-state index contributed by atoms with van der Waals surface area (Å²) in [6.45, 7) is 0.782. The van der Waals surface area contributed by atoms with Crippen LogP contribution in [0.15, 0.2) is 79.0 Å². The zero-order chi connectivity index (χ0) is 20.3. The van der Waals surface area contributed by atoms with Crippen LogP contribution in [-0.2, 0) is 10.2 Å². The molecule has 0 saturated carbocycles. The SMILES string of the molecule is O=C(c1ccc(-c2ccccc2)cn1)N1CCC(C(=O)O)(c2ccccc2)CC1. The highest BCUT2D eigenvalue weighted by molar-refractivity contribution is 5.93. The molecular weight excluding hydrogens is 364 g/mol. The van der Waals surface area contributed by atoms with Crippen LogP contribution in [0, 0.1) is 0 Å². The molecule has 1 fully saturated rings. The molecule has 0 spiro atoms. The summed E-state index contributed by atoms with van der Waals surface area (Å²) in [4.78, 5) is 31.0. The van der Waals surface area contributed by atoms with Crippen molar-refractivity contribution in [3.8, 4) is 11.1 Å². The van der Waals surface area contributed by atoms with Crippen LogP contribution < -0.4 is 0 Å². The number of carbonyl (C=O) groups excluding carboxylic acids is 1. The Hall–Kier alpha value is -3.47. The third-order valence-corrected chi connectivity index (χ3v) is 5.73. The average molecular weight is 386 g/mol. The van der Waals surface area contributed by atoms with E-state index in [-0.39, 0.29) is 5.91 Å². The van der Waals surface area contributed by atoms with Crippen LogP contribution in [0.2, 0.25) is 0 Å². The fourth-order valence-corrected chi connectivity index (χ4v) is 3.96. The highest BCUT2D eigenvalue weighted by atomic mass is 16.4. The average Bonchev–Trinajstić information content (AvgIpc) is 2.80. The van der Waals surface area contributed by atoms with Gasteiger partial charge in [-0.05, 0) is 30.0 Å². The number of likely N-dealkylation sites (tertiary alicyclic amines) is 1. The molecule has 1 aliphatic rings. The predicted octanol–water partition coefficient (Wildman–Crippen LogP) is 4.01. The molecule has 5 nitrogen and oxygen atoms in total. The van der Waals surface area contributed by atoms with Gasteiger partial charge in [0, 0.05) is 24.8 Å². The Morgan fingerprint density at radius 1 is 0.828 bits per heavy atom. The zero-order valence-corrected chi connectivity index (χ0v) is 16.0. The third-order valence-electron chi connectivity index (χ3n) is 5.73. The summed E-state index contributed by atoms with van der Waals surface area (Å²) in [5.41, 5.74) is 2.24. The fraction of sp³-hybridized carbons (Fsp3) is 0.208. The van der Waals surface area contributed by atoms with Gasteiger partial charge in [-0.1, -0.05) is 66.7 Å². The van der Waals surface area contributed by atoms with Crippen LogP contribution in [0.3, 0.4) is 0 Å². The van der Waals surface area contributed by atoms with Crippen molar-refractivity contribution >= 4 is 11.9 Å². The lowest BCUT2D eigenvalue weighted by Gasteiger charge is -2.39. The van der Waals surface area contributed by atoms with E-state index < -0.39 is 11.4 Å².